The minimum absolute atomic E-state index is 0.00384. The number of amides is 2. The predicted octanol–water partition coefficient (Wildman–Crippen LogP) is 0.442. The van der Waals surface area contributed by atoms with Gasteiger partial charge in [-0.15, -0.1) is 0 Å². The summed E-state index contributed by atoms with van der Waals surface area (Å²) in [6.45, 7) is 7.94. The number of likely N-dealkylation sites (N-methyl/N-ethyl adjacent to an activating group) is 3. The van der Waals surface area contributed by atoms with Crippen LogP contribution in [-0.2, 0) is 4.79 Å². The Labute approximate surface area is 155 Å². The molecule has 1 aliphatic rings. The van der Waals surface area contributed by atoms with Crippen molar-refractivity contribution in [1.82, 2.24) is 25.1 Å². The predicted molar refractivity (Wildman–Crippen MR) is 101 cm³/mol. The Morgan fingerprint density at radius 3 is 2.50 bits per heavy atom. The summed E-state index contributed by atoms with van der Waals surface area (Å²) in [6, 6.07) is 0.476. The van der Waals surface area contributed by atoms with E-state index in [1.807, 2.05) is 20.8 Å². The quantitative estimate of drug-likeness (QED) is 0.791. The maximum absolute atomic E-state index is 12.8. The van der Waals surface area contributed by atoms with Gasteiger partial charge in [0.2, 0.25) is 11.7 Å². The first-order valence-electron chi connectivity index (χ1n) is 9.04. The topological polar surface area (TPSA) is 81.7 Å². The maximum Gasteiger partial charge on any atom is 0.292 e. The Kier molecular flexibility index (Phi) is 6.52. The largest absolute Gasteiger partial charge is 0.358 e. The Hall–Kier alpha value is -2.22. The van der Waals surface area contributed by atoms with Crippen molar-refractivity contribution in [3.8, 4) is 0 Å². The number of carbonyl (C=O) groups is 2. The number of aromatic nitrogens is 2. The Bertz CT molecular complexity index is 676. The van der Waals surface area contributed by atoms with Gasteiger partial charge < -0.3 is 20.0 Å². The van der Waals surface area contributed by atoms with Gasteiger partial charge in [0, 0.05) is 44.0 Å². The standard InChI is InChI=1S/C18H30N6O2/c1-7-23(11-15(25)19-4)18(26)16-20-13(3)12(2)17(21-16)24-9-8-14(10-24)22(5)6/h14H,7-11H2,1-6H3,(H,19,25)/t14-/m1/s1. The van der Waals surface area contributed by atoms with Gasteiger partial charge in [0.15, 0.2) is 0 Å². The van der Waals surface area contributed by atoms with Crippen LogP contribution in [-0.4, -0.2) is 84.9 Å². The molecule has 8 heteroatoms. The molecule has 144 valence electrons. The zero-order chi connectivity index (χ0) is 19.4. The van der Waals surface area contributed by atoms with E-state index in [0.717, 1.165) is 36.6 Å². The van der Waals surface area contributed by atoms with E-state index >= 15 is 0 Å². The van der Waals surface area contributed by atoms with E-state index in [9.17, 15) is 9.59 Å². The van der Waals surface area contributed by atoms with Crippen molar-refractivity contribution in [1.29, 1.82) is 0 Å². The van der Waals surface area contributed by atoms with Crippen LogP contribution in [0.15, 0.2) is 0 Å². The summed E-state index contributed by atoms with van der Waals surface area (Å²) in [5, 5.41) is 2.54. The first kappa shape index (κ1) is 20.1. The minimum Gasteiger partial charge on any atom is -0.358 e. The molecule has 0 radical (unpaired) electrons. The number of hydrogen-bond acceptors (Lipinski definition) is 6. The molecule has 0 unspecified atom stereocenters. The lowest BCUT2D eigenvalue weighted by Gasteiger charge is -2.24. The number of rotatable bonds is 6. The molecule has 0 bridgehead atoms. The molecule has 1 aromatic heterocycles. The third-order valence-electron chi connectivity index (χ3n) is 5.03. The average molecular weight is 362 g/mol. The van der Waals surface area contributed by atoms with E-state index in [1.54, 1.807) is 7.05 Å². The molecule has 1 aromatic rings. The second-order valence-corrected chi connectivity index (χ2v) is 6.93. The van der Waals surface area contributed by atoms with Crippen LogP contribution in [0.1, 0.15) is 35.2 Å². The van der Waals surface area contributed by atoms with Gasteiger partial charge in [-0.3, -0.25) is 9.59 Å². The lowest BCUT2D eigenvalue weighted by atomic mass is 10.2. The molecule has 1 fully saturated rings. The van der Waals surface area contributed by atoms with E-state index in [4.69, 9.17) is 0 Å². The van der Waals surface area contributed by atoms with Crippen LogP contribution in [0.2, 0.25) is 0 Å². The second-order valence-electron chi connectivity index (χ2n) is 6.93. The van der Waals surface area contributed by atoms with Crippen LogP contribution < -0.4 is 10.2 Å². The Morgan fingerprint density at radius 1 is 1.27 bits per heavy atom. The van der Waals surface area contributed by atoms with Gasteiger partial charge >= 0.3 is 0 Å². The number of anilines is 1. The summed E-state index contributed by atoms with van der Waals surface area (Å²) >= 11 is 0. The van der Waals surface area contributed by atoms with Gasteiger partial charge in [-0.25, -0.2) is 9.97 Å². The SMILES string of the molecule is CCN(CC(=O)NC)C(=O)c1nc(C)c(C)c(N2CC[C@@H](N(C)C)C2)n1. The zero-order valence-electron chi connectivity index (χ0n) is 16.7. The van der Waals surface area contributed by atoms with Crippen molar-refractivity contribution in [2.45, 2.75) is 33.2 Å². The fourth-order valence-corrected chi connectivity index (χ4v) is 3.09. The van der Waals surface area contributed by atoms with E-state index in [1.165, 1.54) is 4.90 Å². The molecule has 26 heavy (non-hydrogen) atoms. The van der Waals surface area contributed by atoms with Gasteiger partial charge in [-0.2, -0.15) is 0 Å². The number of nitrogens with one attached hydrogen (secondary N) is 1. The third kappa shape index (κ3) is 4.30. The van der Waals surface area contributed by atoms with Crippen molar-refractivity contribution in [2.75, 3.05) is 52.2 Å². The van der Waals surface area contributed by atoms with Crippen LogP contribution in [0.4, 0.5) is 5.82 Å². The molecule has 1 aliphatic heterocycles. The molecule has 1 saturated heterocycles. The van der Waals surface area contributed by atoms with Gasteiger partial charge in [0.1, 0.15) is 5.82 Å². The van der Waals surface area contributed by atoms with Crippen LogP contribution in [0.3, 0.4) is 0 Å². The summed E-state index contributed by atoms with van der Waals surface area (Å²) in [4.78, 5) is 39.4. The van der Waals surface area contributed by atoms with Crippen molar-refractivity contribution in [3.05, 3.63) is 17.1 Å². The first-order chi connectivity index (χ1) is 12.3. The first-order valence-corrected chi connectivity index (χ1v) is 9.04. The summed E-state index contributed by atoms with van der Waals surface area (Å²) in [5.41, 5.74) is 1.79. The van der Waals surface area contributed by atoms with Crippen LogP contribution >= 0.6 is 0 Å². The van der Waals surface area contributed by atoms with Crippen molar-refractivity contribution >= 4 is 17.6 Å². The lowest BCUT2D eigenvalue weighted by Crippen LogP contribution is -2.40. The molecule has 2 heterocycles. The molecule has 8 nitrogen and oxygen atoms in total. The molecule has 1 atom stereocenters. The fraction of sp³-hybridized carbons (Fsp3) is 0.667. The maximum atomic E-state index is 12.8. The number of carbonyl (C=O) groups excluding carboxylic acids is 2. The van der Waals surface area contributed by atoms with Gasteiger partial charge in [0.25, 0.3) is 5.91 Å². The minimum atomic E-state index is -0.316. The highest BCUT2D eigenvalue weighted by Gasteiger charge is 2.28. The molecule has 0 spiro atoms. The molecule has 2 rings (SSSR count). The van der Waals surface area contributed by atoms with Crippen molar-refractivity contribution < 1.29 is 9.59 Å². The average Bonchev–Trinajstić information content (AvgIpc) is 3.11. The van der Waals surface area contributed by atoms with E-state index in [0.29, 0.717) is 12.6 Å². The summed E-state index contributed by atoms with van der Waals surface area (Å²) in [5.74, 6) is 0.449. The summed E-state index contributed by atoms with van der Waals surface area (Å²) < 4.78 is 0. The number of hydrogen-bond donors (Lipinski definition) is 1. The number of aryl methyl sites for hydroxylation is 1. The van der Waals surface area contributed by atoms with E-state index in [-0.39, 0.29) is 24.2 Å². The number of nitrogens with zero attached hydrogens (tertiary/aromatic N) is 5. The van der Waals surface area contributed by atoms with Gasteiger partial charge in [0.05, 0.1) is 6.54 Å². The van der Waals surface area contributed by atoms with Crippen LogP contribution in [0, 0.1) is 13.8 Å². The van der Waals surface area contributed by atoms with E-state index < -0.39 is 0 Å². The monoisotopic (exact) mass is 362 g/mol. The highest BCUT2D eigenvalue weighted by molar-refractivity contribution is 5.93. The van der Waals surface area contributed by atoms with Crippen LogP contribution in [0.25, 0.3) is 0 Å². The van der Waals surface area contributed by atoms with Crippen LogP contribution in [0.5, 0.6) is 0 Å². The third-order valence-corrected chi connectivity index (χ3v) is 5.03. The normalized spacial score (nSPS) is 16.9. The van der Waals surface area contributed by atoms with E-state index in [2.05, 4.69) is 39.2 Å². The molecule has 0 saturated carbocycles. The zero-order valence-corrected chi connectivity index (χ0v) is 16.7. The molecule has 1 N–H and O–H groups in total. The molecule has 0 aromatic carbocycles. The summed E-state index contributed by atoms with van der Waals surface area (Å²) in [6.07, 6.45) is 1.07. The molecule has 2 amide bonds. The Balaban J connectivity index is 2.29. The van der Waals surface area contributed by atoms with Crippen molar-refractivity contribution in [3.63, 3.8) is 0 Å². The molecular weight excluding hydrogens is 332 g/mol. The highest BCUT2D eigenvalue weighted by Crippen LogP contribution is 2.25. The Morgan fingerprint density at radius 2 is 1.96 bits per heavy atom. The smallest absolute Gasteiger partial charge is 0.292 e. The highest BCUT2D eigenvalue weighted by atomic mass is 16.2. The van der Waals surface area contributed by atoms with Crippen molar-refractivity contribution in [2.24, 2.45) is 0 Å². The molecular formula is C18H30N6O2. The van der Waals surface area contributed by atoms with Gasteiger partial charge in [-0.05, 0) is 41.3 Å². The van der Waals surface area contributed by atoms with Gasteiger partial charge in [-0.1, -0.05) is 0 Å². The lowest BCUT2D eigenvalue weighted by molar-refractivity contribution is -0.121. The fourth-order valence-electron chi connectivity index (χ4n) is 3.09. The molecule has 0 aliphatic carbocycles. The summed E-state index contributed by atoms with van der Waals surface area (Å²) in [7, 11) is 5.72. The second kappa shape index (κ2) is 8.44.